The molecule has 0 bridgehead atoms. The highest BCUT2D eigenvalue weighted by atomic mass is 16.7. The van der Waals surface area contributed by atoms with Crippen LogP contribution in [0.5, 0.6) is 0 Å². The molecule has 3 aliphatic heterocycles. The number of rotatable bonds is 7. The van der Waals surface area contributed by atoms with Gasteiger partial charge in [0.05, 0.1) is 31.8 Å². The number of unbranched alkanes of at least 4 members (excludes halogenated alkanes) is 4. The molecule has 0 aromatic rings. The van der Waals surface area contributed by atoms with Crippen molar-refractivity contribution in [2.75, 3.05) is 26.9 Å². The molecule has 4 nitrogen and oxygen atoms in total. The molecule has 0 aromatic carbocycles. The van der Waals surface area contributed by atoms with Gasteiger partial charge in [-0.15, -0.1) is 0 Å². The predicted molar refractivity (Wildman–Crippen MR) is 75.6 cm³/mol. The lowest BCUT2D eigenvalue weighted by atomic mass is 9.78. The first kappa shape index (κ1) is 14.8. The highest BCUT2D eigenvalue weighted by molar-refractivity contribution is 5.10. The van der Waals surface area contributed by atoms with Gasteiger partial charge < -0.3 is 18.9 Å². The summed E-state index contributed by atoms with van der Waals surface area (Å²) < 4.78 is 24.0. The molecule has 0 aromatic heterocycles. The van der Waals surface area contributed by atoms with Crippen LogP contribution in [0.2, 0.25) is 0 Å². The van der Waals surface area contributed by atoms with E-state index in [1.165, 1.54) is 32.1 Å². The molecule has 3 heterocycles. The van der Waals surface area contributed by atoms with Gasteiger partial charge >= 0.3 is 0 Å². The minimum Gasteiger partial charge on any atom is -0.374 e. The summed E-state index contributed by atoms with van der Waals surface area (Å²) in [4.78, 5) is 0. The van der Waals surface area contributed by atoms with Crippen molar-refractivity contribution in [3.05, 3.63) is 0 Å². The summed E-state index contributed by atoms with van der Waals surface area (Å²) in [6.45, 7) is 4.26. The van der Waals surface area contributed by atoms with Crippen molar-refractivity contribution in [3.8, 4) is 0 Å². The summed E-state index contributed by atoms with van der Waals surface area (Å²) in [6.07, 6.45) is 8.55. The first-order valence-electron chi connectivity index (χ1n) is 8.21. The number of hydrogen-bond donors (Lipinski definition) is 0. The van der Waals surface area contributed by atoms with E-state index < -0.39 is 5.79 Å². The molecule has 4 heteroatoms. The third-order valence-corrected chi connectivity index (χ3v) is 5.30. The molecule has 0 aliphatic carbocycles. The summed E-state index contributed by atoms with van der Waals surface area (Å²) in [6, 6.07) is 0. The van der Waals surface area contributed by atoms with Crippen LogP contribution in [0.4, 0.5) is 0 Å². The van der Waals surface area contributed by atoms with E-state index in [0.717, 1.165) is 19.4 Å². The van der Waals surface area contributed by atoms with E-state index >= 15 is 0 Å². The van der Waals surface area contributed by atoms with Gasteiger partial charge in [-0.2, -0.15) is 0 Å². The first-order chi connectivity index (χ1) is 9.76. The fourth-order valence-corrected chi connectivity index (χ4v) is 4.17. The summed E-state index contributed by atoms with van der Waals surface area (Å²) in [5.41, 5.74) is -0.269. The lowest BCUT2D eigenvalue weighted by Crippen LogP contribution is -2.53. The van der Waals surface area contributed by atoms with E-state index in [0.29, 0.717) is 13.2 Å². The molecule has 0 spiro atoms. The number of methoxy groups -OCH3 is 1. The molecule has 4 atom stereocenters. The van der Waals surface area contributed by atoms with Gasteiger partial charge in [-0.1, -0.05) is 32.6 Å². The quantitative estimate of drug-likeness (QED) is 0.674. The Labute approximate surface area is 122 Å². The molecular formula is C16H28O4. The van der Waals surface area contributed by atoms with Crippen LogP contribution in [0.15, 0.2) is 0 Å². The maximum atomic E-state index is 6.15. The monoisotopic (exact) mass is 284 g/mol. The van der Waals surface area contributed by atoms with Crippen LogP contribution < -0.4 is 0 Å². The van der Waals surface area contributed by atoms with Crippen LogP contribution in [0.25, 0.3) is 0 Å². The Morgan fingerprint density at radius 2 is 1.95 bits per heavy atom. The minimum atomic E-state index is -0.443. The van der Waals surface area contributed by atoms with Crippen molar-refractivity contribution in [3.63, 3.8) is 0 Å². The third-order valence-electron chi connectivity index (χ3n) is 5.30. The largest absolute Gasteiger partial charge is 0.374 e. The van der Waals surface area contributed by atoms with Gasteiger partial charge in [0.15, 0.2) is 5.79 Å². The van der Waals surface area contributed by atoms with Gasteiger partial charge in [-0.3, -0.25) is 0 Å². The highest BCUT2D eigenvalue weighted by Gasteiger charge is 2.67. The highest BCUT2D eigenvalue weighted by Crippen LogP contribution is 2.54. The fraction of sp³-hybridized carbons (Fsp3) is 1.00. The summed E-state index contributed by atoms with van der Waals surface area (Å²) in [5, 5.41) is 0. The average molecular weight is 284 g/mol. The molecule has 0 saturated carbocycles. The molecule has 116 valence electrons. The SMILES string of the molecule is CCCCCCC[C@]12OCC[C@@H]3OC[C@](OC)(CO1)C32. The Morgan fingerprint density at radius 3 is 2.75 bits per heavy atom. The molecule has 0 N–H and O–H groups in total. The first-order valence-corrected chi connectivity index (χ1v) is 8.21. The summed E-state index contributed by atoms with van der Waals surface area (Å²) in [5.74, 6) is -0.193. The Kier molecular flexibility index (Phi) is 4.37. The fourth-order valence-electron chi connectivity index (χ4n) is 4.17. The average Bonchev–Trinajstić information content (AvgIpc) is 3.01. The minimum absolute atomic E-state index is 0.250. The molecule has 3 saturated heterocycles. The second-order valence-corrected chi connectivity index (χ2v) is 6.50. The van der Waals surface area contributed by atoms with Crippen LogP contribution in [-0.4, -0.2) is 44.4 Å². The van der Waals surface area contributed by atoms with Crippen LogP contribution in [0, 0.1) is 5.92 Å². The second kappa shape index (κ2) is 5.91. The molecular weight excluding hydrogens is 256 g/mol. The van der Waals surface area contributed by atoms with Gasteiger partial charge in [-0.25, -0.2) is 0 Å². The van der Waals surface area contributed by atoms with E-state index in [4.69, 9.17) is 18.9 Å². The maximum absolute atomic E-state index is 6.15. The van der Waals surface area contributed by atoms with Crippen LogP contribution in [0.3, 0.4) is 0 Å². The van der Waals surface area contributed by atoms with E-state index in [9.17, 15) is 0 Å². The molecule has 0 amide bonds. The van der Waals surface area contributed by atoms with Crippen molar-refractivity contribution in [2.24, 2.45) is 5.92 Å². The lowest BCUT2D eigenvalue weighted by Gasteiger charge is -2.41. The van der Waals surface area contributed by atoms with Crippen molar-refractivity contribution in [1.29, 1.82) is 0 Å². The van der Waals surface area contributed by atoms with E-state index in [-0.39, 0.29) is 17.6 Å². The normalized spacial score (nSPS) is 42.9. The van der Waals surface area contributed by atoms with E-state index in [1.807, 2.05) is 0 Å². The molecule has 0 radical (unpaired) electrons. The van der Waals surface area contributed by atoms with Gasteiger partial charge in [-0.05, 0) is 12.8 Å². The van der Waals surface area contributed by atoms with Crippen molar-refractivity contribution in [1.82, 2.24) is 0 Å². The zero-order valence-corrected chi connectivity index (χ0v) is 12.9. The van der Waals surface area contributed by atoms with Crippen LogP contribution in [0.1, 0.15) is 51.9 Å². The zero-order valence-electron chi connectivity index (χ0n) is 12.9. The van der Waals surface area contributed by atoms with Crippen molar-refractivity contribution in [2.45, 2.75) is 69.4 Å². The smallest absolute Gasteiger partial charge is 0.176 e. The standard InChI is InChI=1S/C16H28O4/c1-3-4-5-6-7-9-16-14-13(8-10-19-16)18-11-15(14,17-2)12-20-16/h13-14H,3-12H2,1-2H3/t13-,14?,15-,16-/m0/s1. The molecule has 1 unspecified atom stereocenters. The Hall–Kier alpha value is -0.160. The summed E-state index contributed by atoms with van der Waals surface area (Å²) in [7, 11) is 1.78. The second-order valence-electron chi connectivity index (χ2n) is 6.50. The van der Waals surface area contributed by atoms with E-state index in [1.54, 1.807) is 7.11 Å². The van der Waals surface area contributed by atoms with E-state index in [2.05, 4.69) is 6.92 Å². The topological polar surface area (TPSA) is 36.9 Å². The Balaban J connectivity index is 1.65. The molecule has 3 fully saturated rings. The zero-order chi connectivity index (χ0) is 14.1. The molecule has 3 rings (SSSR count). The number of hydrogen-bond acceptors (Lipinski definition) is 4. The maximum Gasteiger partial charge on any atom is 0.176 e. The van der Waals surface area contributed by atoms with Gasteiger partial charge in [0.2, 0.25) is 0 Å². The lowest BCUT2D eigenvalue weighted by molar-refractivity contribution is -0.271. The van der Waals surface area contributed by atoms with Crippen molar-refractivity contribution < 1.29 is 18.9 Å². The molecule has 20 heavy (non-hydrogen) atoms. The summed E-state index contributed by atoms with van der Waals surface area (Å²) >= 11 is 0. The van der Waals surface area contributed by atoms with Crippen LogP contribution >= 0.6 is 0 Å². The van der Waals surface area contributed by atoms with Crippen LogP contribution in [-0.2, 0) is 18.9 Å². The third kappa shape index (κ3) is 2.31. The van der Waals surface area contributed by atoms with Crippen molar-refractivity contribution >= 4 is 0 Å². The number of ether oxygens (including phenoxy) is 4. The van der Waals surface area contributed by atoms with Gasteiger partial charge in [0, 0.05) is 13.5 Å². The van der Waals surface area contributed by atoms with Gasteiger partial charge in [0.25, 0.3) is 0 Å². The van der Waals surface area contributed by atoms with Gasteiger partial charge in [0.1, 0.15) is 5.60 Å². The predicted octanol–water partition coefficient (Wildman–Crippen LogP) is 2.89. The molecule has 3 aliphatic rings. The Morgan fingerprint density at radius 1 is 1.10 bits per heavy atom. The Bertz CT molecular complexity index is 334.